The number of alkyl halides is 9. The predicted molar refractivity (Wildman–Crippen MR) is 36.6 cm³/mol. The molecule has 0 rings (SSSR count). The van der Waals surface area contributed by atoms with E-state index >= 15 is 0 Å². The van der Waals surface area contributed by atoms with E-state index in [4.69, 9.17) is 5.26 Å². The second kappa shape index (κ2) is 3.15. The van der Waals surface area contributed by atoms with E-state index in [0.717, 1.165) is 0 Å². The average molecular weight is 279 g/mol. The van der Waals surface area contributed by atoms with Gasteiger partial charge in [0.15, 0.2) is 0 Å². The Morgan fingerprint density at radius 1 is 0.750 bits per heavy atom. The number of rotatable bonds is 0. The first-order valence-corrected chi connectivity index (χ1v) is 5.95. The van der Waals surface area contributed by atoms with Crippen LogP contribution in [0.15, 0.2) is 0 Å². The summed E-state index contributed by atoms with van der Waals surface area (Å²) >= 11 is 0. The Morgan fingerprint density at radius 2 is 0.938 bits per heavy atom. The van der Waals surface area contributed by atoms with Gasteiger partial charge >= 0.3 is 81.6 Å². The first-order valence-electron chi connectivity index (χ1n) is 3.27. The zero-order chi connectivity index (χ0) is 13.7. The van der Waals surface area contributed by atoms with E-state index < -0.39 is 36.8 Å². The zero-order valence-corrected chi connectivity index (χ0v) is 8.19. The van der Waals surface area contributed by atoms with E-state index in [0.29, 0.717) is 0 Å². The van der Waals surface area contributed by atoms with Crippen LogP contribution in [0.4, 0.5) is 39.5 Å². The standard InChI is InChI=1S/C5H3F9NP/c1-16(2-15,3(6,7)8,4(9,10)11)5(12,13)14/h1H3. The van der Waals surface area contributed by atoms with Crippen molar-refractivity contribution in [3.05, 3.63) is 0 Å². The minimum absolute atomic E-state index is 0.533. The number of halogens is 9. The molecule has 16 heavy (non-hydrogen) atoms. The SMILES string of the molecule is CP(C#N)(C(F)(F)F)(C(F)(F)F)C(F)(F)F. The van der Waals surface area contributed by atoms with Crippen LogP contribution in [-0.2, 0) is 0 Å². The Bertz CT molecular complexity index is 289. The maximum absolute atomic E-state index is 12.1. The summed E-state index contributed by atoms with van der Waals surface area (Å²) in [6.45, 7) is -9.65. The third kappa shape index (κ3) is 1.30. The molecule has 0 atom stereocenters. The van der Waals surface area contributed by atoms with Gasteiger partial charge in [0.1, 0.15) is 0 Å². The van der Waals surface area contributed by atoms with Crippen LogP contribution in [0.5, 0.6) is 0 Å². The summed E-state index contributed by atoms with van der Waals surface area (Å²) in [5.74, 6) is -20.7. The van der Waals surface area contributed by atoms with Crippen LogP contribution in [0.1, 0.15) is 0 Å². The molecule has 0 aromatic rings. The van der Waals surface area contributed by atoms with Crippen LogP contribution >= 0.6 is 6.60 Å². The quantitative estimate of drug-likeness (QED) is 0.481. The third-order valence-corrected chi connectivity index (χ3v) is 6.45. The summed E-state index contributed by atoms with van der Waals surface area (Å²) < 4.78 is 109. The number of hydrogen-bond acceptors (Lipinski definition) is 1. The first kappa shape index (κ1) is 15.3. The topological polar surface area (TPSA) is 23.8 Å². The van der Waals surface area contributed by atoms with E-state index in [-0.39, 0.29) is 0 Å². The summed E-state index contributed by atoms with van der Waals surface area (Å²) in [6.07, 6.45) is 0. The second-order valence-corrected chi connectivity index (χ2v) is 7.92. The van der Waals surface area contributed by atoms with E-state index in [1.54, 1.807) is 0 Å². The van der Waals surface area contributed by atoms with Crippen molar-refractivity contribution in [2.75, 3.05) is 6.66 Å². The Labute approximate surface area is 82.8 Å². The van der Waals surface area contributed by atoms with Crippen LogP contribution in [0.2, 0.25) is 0 Å². The van der Waals surface area contributed by atoms with Crippen molar-refractivity contribution in [2.45, 2.75) is 17.8 Å². The van der Waals surface area contributed by atoms with Gasteiger partial charge in [-0.05, 0) is 0 Å². The van der Waals surface area contributed by atoms with Crippen LogP contribution in [0.25, 0.3) is 0 Å². The van der Waals surface area contributed by atoms with Crippen LogP contribution in [0.3, 0.4) is 0 Å². The molecule has 0 fully saturated rings. The molecule has 0 saturated heterocycles. The van der Waals surface area contributed by atoms with Crippen LogP contribution < -0.4 is 0 Å². The summed E-state index contributed by atoms with van der Waals surface area (Å²) in [5.41, 5.74) is 0. The fourth-order valence-electron chi connectivity index (χ4n) is 0.601. The van der Waals surface area contributed by atoms with Crippen molar-refractivity contribution in [1.82, 2.24) is 0 Å². The van der Waals surface area contributed by atoms with E-state index in [1.807, 2.05) is 0 Å². The normalized spacial score (nSPS) is 17.4. The van der Waals surface area contributed by atoms with Gasteiger partial charge in [-0.15, -0.1) is 0 Å². The van der Waals surface area contributed by atoms with Crippen LogP contribution in [0, 0.1) is 11.1 Å². The predicted octanol–water partition coefficient (Wildman–Crippen LogP) is 4.21. The Hall–Kier alpha value is -0.710. The fraction of sp³-hybridized carbons (Fsp3) is 0.800. The van der Waals surface area contributed by atoms with Crippen molar-refractivity contribution in [1.29, 1.82) is 5.26 Å². The van der Waals surface area contributed by atoms with Crippen molar-refractivity contribution in [3.63, 3.8) is 0 Å². The van der Waals surface area contributed by atoms with Gasteiger partial charge in [0.25, 0.3) is 0 Å². The molecule has 0 amide bonds. The molecule has 1 nitrogen and oxygen atoms in total. The third-order valence-electron chi connectivity index (χ3n) is 2.15. The van der Waals surface area contributed by atoms with Gasteiger partial charge in [-0.2, -0.15) is 0 Å². The van der Waals surface area contributed by atoms with E-state index in [2.05, 4.69) is 0 Å². The fourth-order valence-corrected chi connectivity index (χ4v) is 1.80. The Balaban J connectivity index is 6.48. The van der Waals surface area contributed by atoms with E-state index in [9.17, 15) is 39.5 Å². The molecule has 0 N–H and O–H groups in total. The van der Waals surface area contributed by atoms with Gasteiger partial charge in [-0.3, -0.25) is 0 Å². The molecule has 0 aromatic carbocycles. The summed E-state index contributed by atoms with van der Waals surface area (Å²) in [6, 6.07) is 0. The summed E-state index contributed by atoms with van der Waals surface area (Å²) in [5, 5.41) is 7.89. The maximum atomic E-state index is 12.1. The first-order chi connectivity index (χ1) is 6.64. The summed E-state index contributed by atoms with van der Waals surface area (Å²) in [7, 11) is 0. The number of nitrogens with zero attached hydrogens (tertiary/aromatic N) is 1. The molecule has 0 unspecified atom stereocenters. The molecule has 96 valence electrons. The molecule has 11 heteroatoms. The van der Waals surface area contributed by atoms with Gasteiger partial charge in [-0.25, -0.2) is 0 Å². The molecular formula is C5H3F9NP. The van der Waals surface area contributed by atoms with Gasteiger partial charge in [0.2, 0.25) is 0 Å². The molecule has 0 spiro atoms. The molecule has 0 aliphatic heterocycles. The van der Waals surface area contributed by atoms with Gasteiger partial charge < -0.3 is 0 Å². The minimum atomic E-state index is -8.56. The Kier molecular flexibility index (Phi) is 3.01. The van der Waals surface area contributed by atoms with Gasteiger partial charge in [0, 0.05) is 0 Å². The molecule has 0 aliphatic carbocycles. The Morgan fingerprint density at radius 3 is 0.938 bits per heavy atom. The number of hydrogen-bond donors (Lipinski definition) is 0. The van der Waals surface area contributed by atoms with Crippen LogP contribution in [-0.4, -0.2) is 24.4 Å². The molecular weight excluding hydrogens is 276 g/mol. The zero-order valence-electron chi connectivity index (χ0n) is 7.30. The molecule has 0 saturated carbocycles. The molecule has 0 heterocycles. The van der Waals surface area contributed by atoms with Crippen molar-refractivity contribution in [2.24, 2.45) is 0 Å². The van der Waals surface area contributed by atoms with Crippen molar-refractivity contribution < 1.29 is 39.5 Å². The molecule has 0 radical (unpaired) electrons. The van der Waals surface area contributed by atoms with Crippen molar-refractivity contribution in [3.8, 4) is 5.81 Å². The summed E-state index contributed by atoms with van der Waals surface area (Å²) in [4.78, 5) is 0. The second-order valence-electron chi connectivity index (χ2n) is 3.07. The van der Waals surface area contributed by atoms with Crippen molar-refractivity contribution >= 4 is 6.60 Å². The number of nitriles is 1. The average Bonchev–Trinajstić information content (AvgIpc) is 1.95. The molecule has 0 aliphatic rings. The van der Waals surface area contributed by atoms with Gasteiger partial charge in [0.05, 0.1) is 0 Å². The van der Waals surface area contributed by atoms with Gasteiger partial charge in [-0.1, -0.05) is 0 Å². The molecule has 0 aromatic heterocycles. The molecule has 0 bridgehead atoms. The van der Waals surface area contributed by atoms with E-state index in [1.165, 1.54) is 0 Å². The monoisotopic (exact) mass is 279 g/mol.